The standard InChI is InChI=1S/C17H17ClF2N2O/c1-10-7-11(2)17(13(18)8-10)22-16(23)5-6-21-12-3-4-14(19)15(20)9-12/h3-4,7-9,21H,5-6H2,1-2H3,(H,22,23). The van der Waals surface area contributed by atoms with Gasteiger partial charge in [0.1, 0.15) is 0 Å². The Hall–Kier alpha value is -2.14. The smallest absolute Gasteiger partial charge is 0.226 e. The molecule has 1 amide bonds. The molecule has 0 spiro atoms. The van der Waals surface area contributed by atoms with Crippen LogP contribution in [0.15, 0.2) is 30.3 Å². The molecule has 6 heteroatoms. The van der Waals surface area contributed by atoms with Crippen molar-refractivity contribution in [1.29, 1.82) is 0 Å². The van der Waals surface area contributed by atoms with Gasteiger partial charge >= 0.3 is 0 Å². The van der Waals surface area contributed by atoms with Gasteiger partial charge in [-0.1, -0.05) is 17.7 Å². The highest BCUT2D eigenvalue weighted by molar-refractivity contribution is 6.34. The van der Waals surface area contributed by atoms with Gasteiger partial charge in [-0.05, 0) is 49.2 Å². The molecule has 0 saturated carbocycles. The Balaban J connectivity index is 1.89. The van der Waals surface area contributed by atoms with Crippen molar-refractivity contribution < 1.29 is 13.6 Å². The summed E-state index contributed by atoms with van der Waals surface area (Å²) >= 11 is 6.13. The van der Waals surface area contributed by atoms with E-state index < -0.39 is 11.6 Å². The number of anilines is 2. The van der Waals surface area contributed by atoms with E-state index in [0.717, 1.165) is 23.3 Å². The second kappa shape index (κ2) is 7.42. The zero-order valence-corrected chi connectivity index (χ0v) is 13.6. The summed E-state index contributed by atoms with van der Waals surface area (Å²) in [6.07, 6.45) is 0.169. The van der Waals surface area contributed by atoms with Gasteiger partial charge in [-0.25, -0.2) is 8.78 Å². The van der Waals surface area contributed by atoms with Crippen LogP contribution in [0.3, 0.4) is 0 Å². The summed E-state index contributed by atoms with van der Waals surface area (Å²) in [6, 6.07) is 7.21. The molecule has 0 fully saturated rings. The summed E-state index contributed by atoms with van der Waals surface area (Å²) < 4.78 is 25.9. The highest BCUT2D eigenvalue weighted by Crippen LogP contribution is 2.27. The summed E-state index contributed by atoms with van der Waals surface area (Å²) in [5, 5.41) is 6.12. The average molecular weight is 339 g/mol. The third-order valence-electron chi connectivity index (χ3n) is 3.30. The average Bonchev–Trinajstić information content (AvgIpc) is 2.46. The number of carbonyl (C=O) groups excluding carboxylic acids is 1. The summed E-state index contributed by atoms with van der Waals surface area (Å²) in [7, 11) is 0. The van der Waals surface area contributed by atoms with Gasteiger partial charge in [0.05, 0.1) is 10.7 Å². The molecule has 3 nitrogen and oxygen atoms in total. The molecule has 0 aliphatic heterocycles. The van der Waals surface area contributed by atoms with E-state index in [1.165, 1.54) is 6.07 Å². The fourth-order valence-electron chi connectivity index (χ4n) is 2.20. The molecule has 0 saturated heterocycles. The zero-order valence-electron chi connectivity index (χ0n) is 12.8. The number of carbonyl (C=O) groups is 1. The number of nitrogens with one attached hydrogen (secondary N) is 2. The predicted octanol–water partition coefficient (Wildman–Crippen LogP) is 4.68. The van der Waals surface area contributed by atoms with Crippen LogP contribution >= 0.6 is 11.6 Å². The minimum absolute atomic E-state index is 0.169. The maximum absolute atomic E-state index is 13.1. The number of hydrogen-bond donors (Lipinski definition) is 2. The van der Waals surface area contributed by atoms with Crippen molar-refractivity contribution in [2.45, 2.75) is 20.3 Å². The van der Waals surface area contributed by atoms with Gasteiger partial charge in [-0.3, -0.25) is 4.79 Å². The molecular weight excluding hydrogens is 322 g/mol. The van der Waals surface area contributed by atoms with E-state index in [1.807, 2.05) is 19.9 Å². The molecule has 0 aliphatic carbocycles. The van der Waals surface area contributed by atoms with Gasteiger partial charge < -0.3 is 10.6 Å². The van der Waals surface area contributed by atoms with Crippen LogP contribution in [0.25, 0.3) is 0 Å². The van der Waals surface area contributed by atoms with E-state index in [2.05, 4.69) is 10.6 Å². The largest absolute Gasteiger partial charge is 0.384 e. The number of rotatable bonds is 5. The predicted molar refractivity (Wildman–Crippen MR) is 89.0 cm³/mol. The quantitative estimate of drug-likeness (QED) is 0.831. The molecular formula is C17H17ClF2N2O. The van der Waals surface area contributed by atoms with E-state index >= 15 is 0 Å². The Bertz CT molecular complexity index is 712. The third kappa shape index (κ3) is 4.66. The van der Waals surface area contributed by atoms with Crippen LogP contribution in [0.4, 0.5) is 20.2 Å². The SMILES string of the molecule is Cc1cc(C)c(NC(=O)CCNc2ccc(F)c(F)c2)c(Cl)c1. The summed E-state index contributed by atoms with van der Waals surface area (Å²) in [5.41, 5.74) is 2.92. The molecule has 2 rings (SSSR count). The zero-order chi connectivity index (χ0) is 17.0. The molecule has 23 heavy (non-hydrogen) atoms. The van der Waals surface area contributed by atoms with E-state index in [0.29, 0.717) is 22.9 Å². The Labute approximate surface area is 138 Å². The van der Waals surface area contributed by atoms with Crippen molar-refractivity contribution in [2.24, 2.45) is 0 Å². The first-order valence-corrected chi connectivity index (χ1v) is 7.50. The summed E-state index contributed by atoms with van der Waals surface area (Å²) in [4.78, 5) is 12.0. The first kappa shape index (κ1) is 17.2. The Morgan fingerprint density at radius 3 is 2.52 bits per heavy atom. The lowest BCUT2D eigenvalue weighted by Gasteiger charge is -2.12. The van der Waals surface area contributed by atoms with Crippen LogP contribution in [0.1, 0.15) is 17.5 Å². The van der Waals surface area contributed by atoms with Crippen LogP contribution in [-0.4, -0.2) is 12.5 Å². The van der Waals surface area contributed by atoms with E-state index in [9.17, 15) is 13.6 Å². The highest BCUT2D eigenvalue weighted by atomic mass is 35.5. The molecule has 0 radical (unpaired) electrons. The fraction of sp³-hybridized carbons (Fsp3) is 0.235. The second-order valence-corrected chi connectivity index (χ2v) is 5.70. The van der Waals surface area contributed by atoms with Crippen molar-refractivity contribution in [3.8, 4) is 0 Å². The van der Waals surface area contributed by atoms with Crippen LogP contribution in [-0.2, 0) is 4.79 Å². The molecule has 0 unspecified atom stereocenters. The van der Waals surface area contributed by atoms with Crippen LogP contribution in [0, 0.1) is 25.5 Å². The number of amides is 1. The number of aryl methyl sites for hydroxylation is 2. The topological polar surface area (TPSA) is 41.1 Å². The molecule has 0 bridgehead atoms. The number of benzene rings is 2. The molecule has 0 aromatic heterocycles. The first-order chi connectivity index (χ1) is 10.9. The van der Waals surface area contributed by atoms with Crippen LogP contribution in [0.5, 0.6) is 0 Å². The van der Waals surface area contributed by atoms with Crippen molar-refractivity contribution >= 4 is 28.9 Å². The second-order valence-electron chi connectivity index (χ2n) is 5.29. The van der Waals surface area contributed by atoms with Crippen molar-refractivity contribution in [1.82, 2.24) is 0 Å². The Morgan fingerprint density at radius 1 is 1.13 bits per heavy atom. The van der Waals surface area contributed by atoms with Crippen molar-refractivity contribution in [3.63, 3.8) is 0 Å². The Morgan fingerprint density at radius 2 is 1.87 bits per heavy atom. The number of hydrogen-bond acceptors (Lipinski definition) is 2. The lowest BCUT2D eigenvalue weighted by molar-refractivity contribution is -0.115. The normalized spacial score (nSPS) is 10.5. The molecule has 2 N–H and O–H groups in total. The Kier molecular flexibility index (Phi) is 5.55. The van der Waals surface area contributed by atoms with Crippen molar-refractivity contribution in [2.75, 3.05) is 17.2 Å². The van der Waals surface area contributed by atoms with Crippen molar-refractivity contribution in [3.05, 3.63) is 58.1 Å². The molecule has 2 aromatic rings. The van der Waals surface area contributed by atoms with Gasteiger partial charge in [-0.15, -0.1) is 0 Å². The van der Waals surface area contributed by atoms with E-state index in [4.69, 9.17) is 11.6 Å². The van der Waals surface area contributed by atoms with E-state index in [-0.39, 0.29) is 12.3 Å². The molecule has 0 atom stereocenters. The molecule has 0 aliphatic rings. The van der Waals surface area contributed by atoms with Crippen LogP contribution < -0.4 is 10.6 Å². The van der Waals surface area contributed by atoms with E-state index in [1.54, 1.807) is 6.07 Å². The number of halogens is 3. The monoisotopic (exact) mass is 338 g/mol. The van der Waals surface area contributed by atoms with Gasteiger partial charge in [0.2, 0.25) is 5.91 Å². The summed E-state index contributed by atoms with van der Waals surface area (Å²) in [6.45, 7) is 4.09. The molecule has 0 heterocycles. The van der Waals surface area contributed by atoms with Gasteiger partial charge in [0.15, 0.2) is 11.6 Å². The molecule has 2 aromatic carbocycles. The lowest BCUT2D eigenvalue weighted by Crippen LogP contribution is -2.17. The minimum atomic E-state index is -0.929. The maximum atomic E-state index is 13.1. The molecule has 122 valence electrons. The maximum Gasteiger partial charge on any atom is 0.226 e. The van der Waals surface area contributed by atoms with Gasteiger partial charge in [-0.2, -0.15) is 0 Å². The minimum Gasteiger partial charge on any atom is -0.384 e. The first-order valence-electron chi connectivity index (χ1n) is 7.12. The van der Waals surface area contributed by atoms with Gasteiger partial charge in [0.25, 0.3) is 0 Å². The highest BCUT2D eigenvalue weighted by Gasteiger charge is 2.09. The van der Waals surface area contributed by atoms with Gasteiger partial charge in [0, 0.05) is 18.7 Å². The third-order valence-corrected chi connectivity index (χ3v) is 3.60. The fourth-order valence-corrected chi connectivity index (χ4v) is 2.57. The van der Waals surface area contributed by atoms with Crippen LogP contribution in [0.2, 0.25) is 5.02 Å². The summed E-state index contributed by atoms with van der Waals surface area (Å²) in [5.74, 6) is -2.05. The lowest BCUT2D eigenvalue weighted by atomic mass is 10.1.